The van der Waals surface area contributed by atoms with Crippen LogP contribution in [0.1, 0.15) is 46.4 Å². The van der Waals surface area contributed by atoms with Crippen LogP contribution in [0.3, 0.4) is 0 Å². The zero-order valence-corrected chi connectivity index (χ0v) is 31.3. The van der Waals surface area contributed by atoms with Gasteiger partial charge in [0.1, 0.15) is 11.2 Å². The standard InChI is InChI=1S/C54H35N3/c1-53(46-23-11-7-19-41(46)42-20-8-12-24-47(42)53)51-55-50(36-28-27-35-30-31-39-38-18-6-5-15-34(38)29-32-40(39)45(35)33-36)56-52(57-51)54(37-16-3-2-4-17-37)48-25-13-9-21-43(48)44-22-10-14-26-49(44)54/h2-33H,1H3. The Morgan fingerprint density at radius 1 is 0.351 bits per heavy atom. The zero-order valence-electron chi connectivity index (χ0n) is 31.3. The molecule has 0 aliphatic heterocycles. The minimum atomic E-state index is -0.794. The van der Waals surface area contributed by atoms with Crippen molar-refractivity contribution in [1.29, 1.82) is 0 Å². The number of aromatic nitrogens is 3. The Morgan fingerprint density at radius 2 is 0.825 bits per heavy atom. The van der Waals surface area contributed by atoms with Crippen LogP contribution in [0.25, 0.3) is 66.0 Å². The summed E-state index contributed by atoms with van der Waals surface area (Å²) in [6.45, 7) is 2.30. The van der Waals surface area contributed by atoms with Gasteiger partial charge in [0.15, 0.2) is 11.6 Å². The van der Waals surface area contributed by atoms with E-state index < -0.39 is 10.8 Å². The second-order valence-electron chi connectivity index (χ2n) is 15.6. The van der Waals surface area contributed by atoms with Gasteiger partial charge in [0.2, 0.25) is 0 Å². The molecule has 0 radical (unpaired) electrons. The van der Waals surface area contributed by atoms with E-state index in [2.05, 4.69) is 201 Å². The summed E-state index contributed by atoms with van der Waals surface area (Å²) in [5, 5.41) is 7.30. The fraction of sp³-hybridized carbons (Fsp3) is 0.0556. The van der Waals surface area contributed by atoms with Crippen LogP contribution in [-0.4, -0.2) is 15.0 Å². The maximum absolute atomic E-state index is 5.76. The van der Waals surface area contributed by atoms with Crippen molar-refractivity contribution in [1.82, 2.24) is 15.0 Å². The van der Waals surface area contributed by atoms with E-state index in [1.165, 1.54) is 76.8 Å². The fourth-order valence-electron chi connectivity index (χ4n) is 10.2. The van der Waals surface area contributed by atoms with Crippen molar-refractivity contribution in [3.63, 3.8) is 0 Å². The van der Waals surface area contributed by atoms with Gasteiger partial charge in [-0.05, 0) is 95.4 Å². The van der Waals surface area contributed by atoms with Crippen molar-refractivity contribution in [2.24, 2.45) is 0 Å². The molecule has 0 bridgehead atoms. The van der Waals surface area contributed by atoms with Gasteiger partial charge in [-0.1, -0.05) is 188 Å². The van der Waals surface area contributed by atoms with E-state index >= 15 is 0 Å². The van der Waals surface area contributed by atoms with E-state index in [9.17, 15) is 0 Å². The van der Waals surface area contributed by atoms with E-state index in [1.54, 1.807) is 0 Å². The summed E-state index contributed by atoms with van der Waals surface area (Å²) in [7, 11) is 0. The normalized spacial score (nSPS) is 14.3. The summed E-state index contributed by atoms with van der Waals surface area (Å²) < 4.78 is 0. The molecule has 0 amide bonds. The highest BCUT2D eigenvalue weighted by Crippen LogP contribution is 2.56. The third-order valence-electron chi connectivity index (χ3n) is 12.8. The minimum absolute atomic E-state index is 0.641. The quantitative estimate of drug-likeness (QED) is 0.170. The molecule has 0 atom stereocenters. The van der Waals surface area contributed by atoms with Gasteiger partial charge < -0.3 is 0 Å². The molecule has 1 aromatic heterocycles. The monoisotopic (exact) mass is 725 g/mol. The molecule has 9 aromatic carbocycles. The van der Waals surface area contributed by atoms with Crippen molar-refractivity contribution in [3.05, 3.63) is 234 Å². The lowest BCUT2D eigenvalue weighted by atomic mass is 9.71. The summed E-state index contributed by atoms with van der Waals surface area (Å²) in [5.41, 5.74) is 10.2. The van der Waals surface area contributed by atoms with Crippen LogP contribution in [0.5, 0.6) is 0 Å². The maximum atomic E-state index is 5.76. The number of rotatable bonds is 4. The van der Waals surface area contributed by atoms with E-state index in [4.69, 9.17) is 15.0 Å². The summed E-state index contributed by atoms with van der Waals surface area (Å²) in [5.74, 6) is 2.12. The number of hydrogen-bond acceptors (Lipinski definition) is 3. The van der Waals surface area contributed by atoms with Crippen LogP contribution >= 0.6 is 0 Å². The van der Waals surface area contributed by atoms with Crippen molar-refractivity contribution < 1.29 is 0 Å². The van der Waals surface area contributed by atoms with Gasteiger partial charge in [0, 0.05) is 5.56 Å². The summed E-state index contributed by atoms with van der Waals surface area (Å²) in [6.07, 6.45) is 0. The van der Waals surface area contributed by atoms with Gasteiger partial charge in [-0.25, -0.2) is 15.0 Å². The topological polar surface area (TPSA) is 38.7 Å². The third kappa shape index (κ3) is 4.34. The Hall–Kier alpha value is -7.23. The molecule has 10 aromatic rings. The predicted octanol–water partition coefficient (Wildman–Crippen LogP) is 12.7. The van der Waals surface area contributed by atoms with Gasteiger partial charge in [-0.15, -0.1) is 0 Å². The van der Waals surface area contributed by atoms with Gasteiger partial charge in [-0.3, -0.25) is 0 Å². The van der Waals surface area contributed by atoms with E-state index in [-0.39, 0.29) is 0 Å². The first-order valence-corrected chi connectivity index (χ1v) is 19.7. The first kappa shape index (κ1) is 32.1. The predicted molar refractivity (Wildman–Crippen MR) is 233 cm³/mol. The van der Waals surface area contributed by atoms with Crippen LogP contribution in [0, 0.1) is 0 Å². The molecule has 2 aliphatic carbocycles. The van der Waals surface area contributed by atoms with Crippen LogP contribution in [0.2, 0.25) is 0 Å². The lowest BCUT2D eigenvalue weighted by Gasteiger charge is -2.33. The molecule has 3 heteroatoms. The van der Waals surface area contributed by atoms with Crippen molar-refractivity contribution in [2.45, 2.75) is 17.8 Å². The molecule has 266 valence electrons. The largest absolute Gasteiger partial charge is 0.215 e. The average molecular weight is 726 g/mol. The minimum Gasteiger partial charge on any atom is -0.215 e. The van der Waals surface area contributed by atoms with Crippen molar-refractivity contribution in [3.8, 4) is 33.6 Å². The molecule has 1 heterocycles. The lowest BCUT2D eigenvalue weighted by molar-refractivity contribution is 0.607. The van der Waals surface area contributed by atoms with Gasteiger partial charge in [0.05, 0.1) is 5.41 Å². The zero-order chi connectivity index (χ0) is 37.7. The Balaban J connectivity index is 1.20. The molecule has 0 N–H and O–H groups in total. The molecular weight excluding hydrogens is 691 g/mol. The Labute approximate surface area is 331 Å². The summed E-state index contributed by atoms with van der Waals surface area (Å²) >= 11 is 0. The highest BCUT2D eigenvalue weighted by molar-refractivity contribution is 6.17. The number of benzene rings is 9. The molecule has 0 spiro atoms. The molecule has 0 unspecified atom stereocenters. The van der Waals surface area contributed by atoms with Crippen LogP contribution in [0.4, 0.5) is 0 Å². The molecule has 0 fully saturated rings. The van der Waals surface area contributed by atoms with Crippen molar-refractivity contribution in [2.75, 3.05) is 0 Å². The Bertz CT molecular complexity index is 3180. The average Bonchev–Trinajstić information content (AvgIpc) is 3.74. The third-order valence-corrected chi connectivity index (χ3v) is 12.8. The molecule has 2 aliphatic rings. The number of fused-ring (bicyclic) bond motifs is 11. The lowest BCUT2D eigenvalue weighted by Crippen LogP contribution is -2.34. The van der Waals surface area contributed by atoms with Crippen LogP contribution in [0.15, 0.2) is 194 Å². The molecule has 3 nitrogen and oxygen atoms in total. The smallest absolute Gasteiger partial charge is 0.163 e. The Morgan fingerprint density at radius 3 is 1.47 bits per heavy atom. The summed E-state index contributed by atoms with van der Waals surface area (Å²) in [4.78, 5) is 17.0. The summed E-state index contributed by atoms with van der Waals surface area (Å²) in [6, 6.07) is 70.2. The second kappa shape index (κ2) is 11.9. The molecule has 0 saturated heterocycles. The van der Waals surface area contributed by atoms with Crippen LogP contribution < -0.4 is 0 Å². The molecule has 57 heavy (non-hydrogen) atoms. The van der Waals surface area contributed by atoms with E-state index in [0.717, 1.165) is 22.8 Å². The number of nitrogens with zero attached hydrogens (tertiary/aromatic N) is 3. The maximum Gasteiger partial charge on any atom is 0.163 e. The Kier molecular flexibility index (Phi) is 6.68. The van der Waals surface area contributed by atoms with Crippen molar-refractivity contribution >= 4 is 32.3 Å². The number of hydrogen-bond donors (Lipinski definition) is 0. The highest BCUT2D eigenvalue weighted by Gasteiger charge is 2.50. The van der Waals surface area contributed by atoms with E-state index in [0.29, 0.717) is 5.82 Å². The second-order valence-corrected chi connectivity index (χ2v) is 15.6. The molecule has 0 saturated carbocycles. The first-order chi connectivity index (χ1) is 28.1. The van der Waals surface area contributed by atoms with Gasteiger partial charge in [0.25, 0.3) is 0 Å². The molecule has 12 rings (SSSR count). The SMILES string of the molecule is CC1(c2nc(-c3ccc4ccc5c6ccccc6ccc5c4c3)nc(C3(c4ccccc4)c4ccccc4-c4ccccc43)n2)c2ccccc2-c2ccccc21. The highest BCUT2D eigenvalue weighted by atomic mass is 15.1. The fourth-order valence-corrected chi connectivity index (χ4v) is 10.2. The first-order valence-electron chi connectivity index (χ1n) is 19.7. The van der Waals surface area contributed by atoms with E-state index in [1.807, 2.05) is 0 Å². The van der Waals surface area contributed by atoms with Crippen LogP contribution in [-0.2, 0) is 10.8 Å². The van der Waals surface area contributed by atoms with Gasteiger partial charge in [-0.2, -0.15) is 0 Å². The van der Waals surface area contributed by atoms with Gasteiger partial charge >= 0.3 is 0 Å². The molecular formula is C54H35N3.